The number of unbranched alkanes of at least 4 members (excludes halogenated alkanes) is 4. The molecule has 6 aliphatic rings. The van der Waals surface area contributed by atoms with E-state index in [2.05, 4.69) is 43.4 Å². The van der Waals surface area contributed by atoms with Crippen molar-refractivity contribution in [2.24, 2.45) is 34.5 Å². The highest BCUT2D eigenvalue weighted by Gasteiger charge is 2.76. The average Bonchev–Trinajstić information content (AvgIpc) is 3.96. The smallest absolute Gasteiger partial charge is 0.426 e. The second-order valence-corrected chi connectivity index (χ2v) is 25.2. The van der Waals surface area contributed by atoms with Crippen molar-refractivity contribution in [3.05, 3.63) is 89.0 Å². The molecule has 0 bridgehead atoms. The van der Waals surface area contributed by atoms with Crippen LogP contribution in [0.1, 0.15) is 140 Å². The number of ether oxygens (including phenoxy) is 5. The summed E-state index contributed by atoms with van der Waals surface area (Å²) in [6, 6.07) is 15.2. The van der Waals surface area contributed by atoms with Gasteiger partial charge in [0, 0.05) is 48.0 Å². The summed E-state index contributed by atoms with van der Waals surface area (Å²) in [5.74, 6) is -0.494. The number of nitrogens with zero attached hydrogens (tertiary/aromatic N) is 1. The van der Waals surface area contributed by atoms with Crippen LogP contribution in [0.2, 0.25) is 0 Å². The summed E-state index contributed by atoms with van der Waals surface area (Å²) in [4.78, 5) is 60.5. The molecule has 0 aromatic heterocycles. The number of carbonyl (C=O) groups excluding carboxylic acids is 3. The van der Waals surface area contributed by atoms with Gasteiger partial charge in [-0.1, -0.05) is 94.0 Å². The summed E-state index contributed by atoms with van der Waals surface area (Å²) < 4.78 is 48.4. The number of phosphoric ester groups is 1. The zero-order valence-corrected chi connectivity index (χ0v) is 46.5. The van der Waals surface area contributed by atoms with Gasteiger partial charge in [-0.15, -0.1) is 0 Å². The number of hydrogen-bond donors (Lipinski definition) is 5. The number of phosphoric acid groups is 1. The zero-order valence-electron chi connectivity index (χ0n) is 45.6. The molecule has 76 heavy (non-hydrogen) atoms. The van der Waals surface area contributed by atoms with Crippen molar-refractivity contribution < 1.29 is 71.6 Å². The quantitative estimate of drug-likeness (QED) is 0.0257. The monoisotopic (exact) mass is 1080 g/mol. The molecule has 1 aliphatic heterocycles. The van der Waals surface area contributed by atoms with Crippen LogP contribution in [-0.2, 0) is 50.8 Å². The fourth-order valence-electron chi connectivity index (χ4n) is 14.5. The summed E-state index contributed by atoms with van der Waals surface area (Å²) in [6.45, 7) is 8.22. The number of carbonyl (C=O) groups is 3. The Morgan fingerprint density at radius 1 is 0.961 bits per heavy atom. The van der Waals surface area contributed by atoms with Gasteiger partial charge in [0.25, 0.3) is 0 Å². The Labute approximate surface area is 450 Å². The Morgan fingerprint density at radius 2 is 1.70 bits per heavy atom. The summed E-state index contributed by atoms with van der Waals surface area (Å²) in [5.41, 5.74) is 0.606. The first kappa shape index (κ1) is 58.4. The standard InChI is InChI=1S/C59H85N2O14P/c1-40(37-61(4,5)38-44-32-43(23-26-51(44)75-76(67,68)69)50(64)36-60-29-15-6-7-16-30-70-31-17-14-20-41-18-10-8-11-19-41)72-56(66)71-39-52(65)59-53(73-55(74-59)42-21-12-9-13-22-42)34-48-47-25-24-45-33-46(62)27-28-57(45,2)54(47)49(63)35-58(48,59)3/h8,10-11,18-19,23,26-28,32-33,40,42,47-50,53-55,60,63-64H,6-7,9,12-17,20-22,24-25,29-31,34-39H2,1-5H3,(H-,67,68,69)/p+1/t40?,47-,48-,49-,50?,53+,54+,55+,57-,58-,59+/m0/s1. The van der Waals surface area contributed by atoms with Crippen molar-refractivity contribution in [2.45, 2.75) is 166 Å². The molecule has 11 atom stereocenters. The van der Waals surface area contributed by atoms with Crippen LogP contribution in [-0.4, -0.2) is 126 Å². The molecule has 5 N–H and O–H groups in total. The highest BCUT2D eigenvalue weighted by Crippen LogP contribution is 2.70. The SMILES string of the molecule is CC(C[N+](C)(C)Cc1cc(C(O)CNCCCCCCOCCCCc2ccccc2)ccc1OP(=O)(O)O)OC(=O)OCC(=O)[C@@]12O[C@H](C3CCCCC3)O[C@@H]1C[C@H]1[C@@H]3CCC4=CC(=O)C=C[C@]4(C)[C@H]3[C@@H](O)C[C@@]12C. The van der Waals surface area contributed by atoms with E-state index in [-0.39, 0.29) is 65.7 Å². The summed E-state index contributed by atoms with van der Waals surface area (Å²) in [7, 11) is -1.20. The topological polar surface area (TPSA) is 217 Å². The highest BCUT2D eigenvalue weighted by atomic mass is 31.2. The first-order valence-corrected chi connectivity index (χ1v) is 29.8. The minimum absolute atomic E-state index is 0.0296. The van der Waals surface area contributed by atoms with Gasteiger partial charge in [0.2, 0.25) is 5.78 Å². The second-order valence-electron chi connectivity index (χ2n) is 24.0. The number of fused-ring (bicyclic) bond motifs is 7. The van der Waals surface area contributed by atoms with E-state index in [1.54, 1.807) is 31.2 Å². The van der Waals surface area contributed by atoms with Crippen LogP contribution in [0.3, 0.4) is 0 Å². The molecule has 5 aliphatic carbocycles. The van der Waals surface area contributed by atoms with Crippen LogP contribution in [0.25, 0.3) is 0 Å². The summed E-state index contributed by atoms with van der Waals surface area (Å²) >= 11 is 0. The molecule has 5 fully saturated rings. The number of rotatable bonds is 26. The van der Waals surface area contributed by atoms with Crippen molar-refractivity contribution in [3.8, 4) is 5.75 Å². The Kier molecular flexibility index (Phi) is 19.3. The van der Waals surface area contributed by atoms with E-state index in [9.17, 15) is 38.9 Å². The fraction of sp³-hybridized carbons (Fsp3) is 0.678. The molecule has 2 aromatic rings. The van der Waals surface area contributed by atoms with Gasteiger partial charge in [0.15, 0.2) is 30.4 Å². The van der Waals surface area contributed by atoms with Crippen LogP contribution >= 0.6 is 7.82 Å². The molecule has 420 valence electrons. The van der Waals surface area contributed by atoms with E-state index in [1.807, 2.05) is 26.2 Å². The maximum atomic E-state index is 15.0. The molecule has 1 saturated heterocycles. The number of Topliss-reactive ketones (excluding diaryl/α,β-unsaturated/α-hetero) is 1. The lowest BCUT2D eigenvalue weighted by Gasteiger charge is -2.59. The second kappa shape index (κ2) is 25.1. The van der Waals surface area contributed by atoms with Gasteiger partial charge < -0.3 is 48.2 Å². The van der Waals surface area contributed by atoms with E-state index < -0.39 is 73.5 Å². The van der Waals surface area contributed by atoms with E-state index in [0.29, 0.717) is 17.5 Å². The van der Waals surface area contributed by atoms with E-state index >= 15 is 0 Å². The van der Waals surface area contributed by atoms with Crippen LogP contribution < -0.4 is 9.84 Å². The summed E-state index contributed by atoms with van der Waals surface area (Å²) in [5, 5.41) is 26.7. The molecule has 0 spiro atoms. The van der Waals surface area contributed by atoms with E-state index in [1.165, 1.54) is 11.6 Å². The predicted octanol–water partition coefficient (Wildman–Crippen LogP) is 9.02. The van der Waals surface area contributed by atoms with Crippen LogP contribution in [0.5, 0.6) is 5.75 Å². The normalized spacial score (nSPS) is 30.1. The van der Waals surface area contributed by atoms with Crippen LogP contribution in [0.4, 0.5) is 4.79 Å². The molecule has 8 rings (SSSR count). The number of ketones is 2. The number of aliphatic hydroxyl groups excluding tert-OH is 2. The van der Waals surface area contributed by atoms with Crippen molar-refractivity contribution in [2.75, 3.05) is 53.6 Å². The largest absolute Gasteiger partial charge is 0.524 e. The predicted molar refractivity (Wildman–Crippen MR) is 286 cm³/mol. The number of hydrogen-bond acceptors (Lipinski definition) is 13. The van der Waals surface area contributed by atoms with Crippen molar-refractivity contribution in [1.29, 1.82) is 0 Å². The minimum Gasteiger partial charge on any atom is -0.426 e. The molecule has 0 amide bonds. The maximum Gasteiger partial charge on any atom is 0.524 e. The molecule has 2 unspecified atom stereocenters. The molecular formula is C59H86N2O14P+. The van der Waals surface area contributed by atoms with Crippen molar-refractivity contribution in [1.82, 2.24) is 5.32 Å². The van der Waals surface area contributed by atoms with Gasteiger partial charge in [-0.3, -0.25) is 19.4 Å². The Hall–Kier alpha value is -3.80. The van der Waals surface area contributed by atoms with Gasteiger partial charge >= 0.3 is 14.0 Å². The summed E-state index contributed by atoms with van der Waals surface area (Å²) in [6.07, 6.45) is 15.4. The molecule has 2 aromatic carbocycles. The maximum absolute atomic E-state index is 15.0. The molecular weight excluding hydrogens is 992 g/mol. The Bertz CT molecular complexity index is 2420. The van der Waals surface area contributed by atoms with Crippen molar-refractivity contribution >= 4 is 25.5 Å². The first-order chi connectivity index (χ1) is 36.2. The Balaban J connectivity index is 0.826. The molecule has 16 nitrogen and oxygen atoms in total. The number of aryl methyl sites for hydroxylation is 1. The molecule has 4 saturated carbocycles. The number of nitrogens with one attached hydrogen (secondary N) is 1. The van der Waals surface area contributed by atoms with Gasteiger partial charge in [-0.25, -0.2) is 9.36 Å². The number of benzene rings is 2. The minimum atomic E-state index is -4.94. The number of aliphatic hydroxyl groups is 2. The van der Waals surface area contributed by atoms with Gasteiger partial charge in [0.05, 0.1) is 32.4 Å². The van der Waals surface area contributed by atoms with Crippen molar-refractivity contribution in [3.63, 3.8) is 0 Å². The molecule has 0 radical (unpaired) electrons. The van der Waals surface area contributed by atoms with Gasteiger partial charge in [0.1, 0.15) is 18.8 Å². The van der Waals surface area contributed by atoms with E-state index in [4.69, 9.17) is 28.2 Å². The highest BCUT2D eigenvalue weighted by molar-refractivity contribution is 7.46. The van der Waals surface area contributed by atoms with Crippen LogP contribution in [0.15, 0.2) is 72.3 Å². The van der Waals surface area contributed by atoms with E-state index in [0.717, 1.165) is 115 Å². The number of likely N-dealkylation sites (N-methyl/N-ethyl adjacent to an activating group) is 1. The lowest BCUT2D eigenvalue weighted by atomic mass is 9.46. The number of quaternary nitrogens is 1. The Morgan fingerprint density at radius 3 is 2.45 bits per heavy atom. The first-order valence-electron chi connectivity index (χ1n) is 28.2. The third-order valence-corrected chi connectivity index (χ3v) is 18.4. The zero-order chi connectivity index (χ0) is 54.3. The lowest BCUT2D eigenvalue weighted by Crippen LogP contribution is -2.63. The lowest BCUT2D eigenvalue weighted by molar-refractivity contribution is -0.906. The van der Waals surface area contributed by atoms with Gasteiger partial charge in [-0.2, -0.15) is 0 Å². The third-order valence-electron chi connectivity index (χ3n) is 17.9. The fourth-order valence-corrected chi connectivity index (χ4v) is 14.9. The average molecular weight is 1080 g/mol. The molecule has 17 heteroatoms. The number of allylic oxidation sites excluding steroid dienone is 4. The van der Waals surface area contributed by atoms with Gasteiger partial charge in [-0.05, 0) is 131 Å². The molecule has 1 heterocycles. The third kappa shape index (κ3) is 13.6. The van der Waals surface area contributed by atoms with Crippen LogP contribution in [0, 0.1) is 34.5 Å².